The lowest BCUT2D eigenvalue weighted by molar-refractivity contribution is 0.0600. The molecular formula is C15H15N5O2. The van der Waals surface area contributed by atoms with E-state index in [1.165, 1.54) is 13.4 Å². The van der Waals surface area contributed by atoms with E-state index < -0.39 is 5.97 Å². The number of carbonyl (C=O) groups excluding carboxylic acids is 1. The highest BCUT2D eigenvalue weighted by molar-refractivity contribution is 5.95. The third-order valence-corrected chi connectivity index (χ3v) is 3.39. The van der Waals surface area contributed by atoms with Crippen LogP contribution < -0.4 is 5.32 Å². The third kappa shape index (κ3) is 2.37. The average Bonchev–Trinajstić information content (AvgIpc) is 2.87. The summed E-state index contributed by atoms with van der Waals surface area (Å²) in [7, 11) is 1.35. The predicted octanol–water partition coefficient (Wildman–Crippen LogP) is 2.27. The molecule has 0 bridgehead atoms. The first-order valence-corrected chi connectivity index (χ1v) is 6.71. The van der Waals surface area contributed by atoms with E-state index in [-0.39, 0.29) is 0 Å². The van der Waals surface area contributed by atoms with Crippen molar-refractivity contribution < 1.29 is 9.53 Å². The van der Waals surface area contributed by atoms with Crippen LogP contribution in [0.3, 0.4) is 0 Å². The van der Waals surface area contributed by atoms with Crippen LogP contribution >= 0.6 is 0 Å². The maximum Gasteiger partial charge on any atom is 0.339 e. The lowest BCUT2D eigenvalue weighted by atomic mass is 10.2. The molecule has 0 unspecified atom stereocenters. The van der Waals surface area contributed by atoms with Gasteiger partial charge in [-0.3, -0.25) is 0 Å². The van der Waals surface area contributed by atoms with Crippen molar-refractivity contribution in [3.8, 4) is 0 Å². The number of carbonyl (C=O) groups is 1. The predicted molar refractivity (Wildman–Crippen MR) is 81.3 cm³/mol. The Kier molecular flexibility index (Phi) is 3.46. The van der Waals surface area contributed by atoms with Crippen LogP contribution in [0, 0.1) is 13.8 Å². The molecule has 0 aliphatic rings. The number of fused-ring (bicyclic) bond motifs is 1. The SMILES string of the molecule is COC(=O)c1cn2ncnc(Nc3ccc(C)cn3)c2c1C. The van der Waals surface area contributed by atoms with Gasteiger partial charge in [-0.1, -0.05) is 6.07 Å². The molecule has 0 aliphatic heterocycles. The summed E-state index contributed by atoms with van der Waals surface area (Å²) < 4.78 is 6.39. The summed E-state index contributed by atoms with van der Waals surface area (Å²) in [6, 6.07) is 3.83. The summed E-state index contributed by atoms with van der Waals surface area (Å²) in [5.41, 5.74) is 3.00. The smallest absolute Gasteiger partial charge is 0.339 e. The van der Waals surface area contributed by atoms with Crippen LogP contribution in [0.5, 0.6) is 0 Å². The number of methoxy groups -OCH3 is 1. The first-order chi connectivity index (χ1) is 10.6. The number of anilines is 2. The van der Waals surface area contributed by atoms with Crippen molar-refractivity contribution in [1.29, 1.82) is 0 Å². The zero-order valence-electron chi connectivity index (χ0n) is 12.5. The number of hydrogen-bond donors (Lipinski definition) is 1. The van der Waals surface area contributed by atoms with Crippen molar-refractivity contribution in [3.63, 3.8) is 0 Å². The number of pyridine rings is 1. The molecule has 0 spiro atoms. The van der Waals surface area contributed by atoms with E-state index in [2.05, 4.69) is 20.4 Å². The second kappa shape index (κ2) is 5.44. The number of aryl methyl sites for hydroxylation is 2. The van der Waals surface area contributed by atoms with Gasteiger partial charge in [-0.25, -0.2) is 19.3 Å². The van der Waals surface area contributed by atoms with E-state index in [1.807, 2.05) is 26.0 Å². The molecule has 7 nitrogen and oxygen atoms in total. The van der Waals surface area contributed by atoms with Crippen molar-refractivity contribution in [2.24, 2.45) is 0 Å². The van der Waals surface area contributed by atoms with Crippen molar-refractivity contribution in [2.75, 3.05) is 12.4 Å². The number of nitrogens with zero attached hydrogens (tertiary/aromatic N) is 4. The van der Waals surface area contributed by atoms with E-state index in [0.29, 0.717) is 22.7 Å². The Morgan fingerprint density at radius 2 is 2.09 bits per heavy atom. The molecule has 112 valence electrons. The average molecular weight is 297 g/mol. The molecule has 0 amide bonds. The van der Waals surface area contributed by atoms with Gasteiger partial charge < -0.3 is 10.1 Å². The number of esters is 1. The second-order valence-corrected chi connectivity index (χ2v) is 4.91. The van der Waals surface area contributed by atoms with Gasteiger partial charge in [0.25, 0.3) is 0 Å². The Bertz CT molecular complexity index is 839. The highest BCUT2D eigenvalue weighted by Crippen LogP contribution is 2.25. The van der Waals surface area contributed by atoms with E-state index in [4.69, 9.17) is 4.74 Å². The number of nitrogens with one attached hydrogen (secondary N) is 1. The highest BCUT2D eigenvalue weighted by Gasteiger charge is 2.18. The Balaban J connectivity index is 2.08. The monoisotopic (exact) mass is 297 g/mol. The van der Waals surface area contributed by atoms with Crippen LogP contribution in [0.4, 0.5) is 11.6 Å². The summed E-state index contributed by atoms with van der Waals surface area (Å²) in [5.74, 6) is 0.854. The molecule has 0 fully saturated rings. The van der Waals surface area contributed by atoms with E-state index in [9.17, 15) is 4.79 Å². The summed E-state index contributed by atoms with van der Waals surface area (Å²) >= 11 is 0. The summed E-state index contributed by atoms with van der Waals surface area (Å²) in [4.78, 5) is 20.3. The molecule has 22 heavy (non-hydrogen) atoms. The van der Waals surface area contributed by atoms with Crippen LogP contribution in [0.2, 0.25) is 0 Å². The van der Waals surface area contributed by atoms with Gasteiger partial charge in [0.1, 0.15) is 17.7 Å². The molecule has 0 saturated heterocycles. The molecular weight excluding hydrogens is 282 g/mol. The van der Waals surface area contributed by atoms with Gasteiger partial charge in [-0.05, 0) is 31.0 Å². The molecule has 1 N–H and O–H groups in total. The zero-order valence-corrected chi connectivity index (χ0v) is 12.5. The maximum absolute atomic E-state index is 11.8. The Morgan fingerprint density at radius 3 is 2.77 bits per heavy atom. The van der Waals surface area contributed by atoms with Crippen molar-refractivity contribution in [1.82, 2.24) is 19.6 Å². The minimum Gasteiger partial charge on any atom is -0.465 e. The van der Waals surface area contributed by atoms with Crippen LogP contribution in [-0.2, 0) is 4.74 Å². The van der Waals surface area contributed by atoms with Crippen LogP contribution in [0.15, 0.2) is 30.9 Å². The van der Waals surface area contributed by atoms with Gasteiger partial charge in [0.05, 0.1) is 12.7 Å². The van der Waals surface area contributed by atoms with Crippen LogP contribution in [0.25, 0.3) is 5.52 Å². The molecule has 0 aromatic carbocycles. The van der Waals surface area contributed by atoms with E-state index in [1.54, 1.807) is 16.9 Å². The first-order valence-electron chi connectivity index (χ1n) is 6.71. The highest BCUT2D eigenvalue weighted by atomic mass is 16.5. The lowest BCUT2D eigenvalue weighted by Gasteiger charge is -2.07. The topological polar surface area (TPSA) is 81.4 Å². The van der Waals surface area contributed by atoms with Gasteiger partial charge in [-0.2, -0.15) is 5.10 Å². The maximum atomic E-state index is 11.8. The molecule has 3 aromatic rings. The Morgan fingerprint density at radius 1 is 1.27 bits per heavy atom. The normalized spacial score (nSPS) is 10.7. The minimum atomic E-state index is -0.401. The number of ether oxygens (including phenoxy) is 1. The molecule has 3 rings (SSSR count). The fraction of sp³-hybridized carbons (Fsp3) is 0.200. The first kappa shape index (κ1) is 14.0. The molecule has 3 aromatic heterocycles. The van der Waals surface area contributed by atoms with Gasteiger partial charge in [0.2, 0.25) is 0 Å². The summed E-state index contributed by atoms with van der Waals surface area (Å²) in [6.07, 6.45) is 4.82. The summed E-state index contributed by atoms with van der Waals surface area (Å²) in [5, 5.41) is 7.28. The number of hydrogen-bond acceptors (Lipinski definition) is 6. The molecule has 0 saturated carbocycles. The quantitative estimate of drug-likeness (QED) is 0.747. The molecule has 0 radical (unpaired) electrons. The molecule has 7 heteroatoms. The van der Waals surface area contributed by atoms with Crippen LogP contribution in [0.1, 0.15) is 21.5 Å². The van der Waals surface area contributed by atoms with Crippen LogP contribution in [-0.4, -0.2) is 32.7 Å². The summed E-state index contributed by atoms with van der Waals surface area (Å²) in [6.45, 7) is 3.80. The van der Waals surface area contributed by atoms with Gasteiger partial charge in [0.15, 0.2) is 5.82 Å². The van der Waals surface area contributed by atoms with E-state index in [0.717, 1.165) is 11.1 Å². The standard InChI is InChI=1S/C15H15N5O2/c1-9-4-5-12(16-6-9)19-14-13-10(2)11(15(21)22-3)7-20(13)18-8-17-14/h4-8H,1-3H3,(H,16,17,18,19). The van der Waals surface area contributed by atoms with Gasteiger partial charge >= 0.3 is 5.97 Å². The van der Waals surface area contributed by atoms with Gasteiger partial charge in [-0.15, -0.1) is 0 Å². The Hall–Kier alpha value is -2.96. The van der Waals surface area contributed by atoms with Crippen molar-refractivity contribution in [2.45, 2.75) is 13.8 Å². The van der Waals surface area contributed by atoms with Crippen molar-refractivity contribution in [3.05, 3.63) is 47.5 Å². The zero-order chi connectivity index (χ0) is 15.7. The lowest BCUT2D eigenvalue weighted by Crippen LogP contribution is -2.01. The Labute approximate surface area is 127 Å². The number of rotatable bonds is 3. The minimum absolute atomic E-state index is 0.401. The molecule has 3 heterocycles. The number of aromatic nitrogens is 4. The van der Waals surface area contributed by atoms with E-state index >= 15 is 0 Å². The molecule has 0 aliphatic carbocycles. The third-order valence-electron chi connectivity index (χ3n) is 3.39. The largest absolute Gasteiger partial charge is 0.465 e. The fourth-order valence-electron chi connectivity index (χ4n) is 2.23. The van der Waals surface area contributed by atoms with Crippen molar-refractivity contribution >= 4 is 23.1 Å². The van der Waals surface area contributed by atoms with Gasteiger partial charge in [0, 0.05) is 12.4 Å². The fourth-order valence-corrected chi connectivity index (χ4v) is 2.23. The molecule has 0 atom stereocenters. The second-order valence-electron chi connectivity index (χ2n) is 4.91.